The summed E-state index contributed by atoms with van der Waals surface area (Å²) in [4.78, 5) is 12.8. The van der Waals surface area contributed by atoms with E-state index in [0.29, 0.717) is 5.75 Å². The highest BCUT2D eigenvalue weighted by molar-refractivity contribution is 5.77. The van der Waals surface area contributed by atoms with Gasteiger partial charge in [-0.3, -0.25) is 4.79 Å². The number of ether oxygens (including phenoxy) is 1. The van der Waals surface area contributed by atoms with Gasteiger partial charge in [0.1, 0.15) is 12.3 Å². The Labute approximate surface area is 129 Å². The molecule has 3 nitrogen and oxygen atoms in total. The number of rotatable bonds is 5. The van der Waals surface area contributed by atoms with Gasteiger partial charge in [0.15, 0.2) is 6.61 Å². The molecule has 1 aromatic rings. The first-order valence-electron chi connectivity index (χ1n) is 7.00. The van der Waals surface area contributed by atoms with Crippen molar-refractivity contribution in [3.8, 4) is 5.75 Å². The largest absolute Gasteiger partial charge is 0.484 e. The van der Waals surface area contributed by atoms with Crippen LogP contribution < -0.4 is 4.74 Å². The molecule has 0 radical (unpaired) electrons. The van der Waals surface area contributed by atoms with Crippen molar-refractivity contribution in [3.63, 3.8) is 0 Å². The summed E-state index contributed by atoms with van der Waals surface area (Å²) in [6.45, 7) is 5.60. The van der Waals surface area contributed by atoms with Gasteiger partial charge in [0.25, 0.3) is 5.91 Å². The highest BCUT2D eigenvalue weighted by Gasteiger charge is 2.34. The lowest BCUT2D eigenvalue weighted by Crippen LogP contribution is -2.45. The van der Waals surface area contributed by atoms with Crippen LogP contribution in [0.5, 0.6) is 5.75 Å². The number of halogens is 3. The summed E-state index contributed by atoms with van der Waals surface area (Å²) in [6, 6.07) is 6.98. The zero-order chi connectivity index (χ0) is 17.0. The van der Waals surface area contributed by atoms with Crippen molar-refractivity contribution in [2.24, 2.45) is 5.41 Å². The third-order valence-corrected chi connectivity index (χ3v) is 2.77. The SMILES string of the molecule is Cc1ccc(OCC(=O)N(CC(C)(C)C)CC(F)(F)F)cc1. The molecule has 0 spiro atoms. The Hall–Kier alpha value is -1.72. The zero-order valence-electron chi connectivity index (χ0n) is 13.3. The van der Waals surface area contributed by atoms with Crippen LogP contribution in [0.3, 0.4) is 0 Å². The first-order valence-corrected chi connectivity index (χ1v) is 7.00. The van der Waals surface area contributed by atoms with Gasteiger partial charge in [0.2, 0.25) is 0 Å². The summed E-state index contributed by atoms with van der Waals surface area (Å²) < 4.78 is 43.1. The Morgan fingerprint density at radius 3 is 2.09 bits per heavy atom. The van der Waals surface area contributed by atoms with Crippen LogP contribution in [-0.4, -0.2) is 36.7 Å². The molecular weight excluding hydrogens is 295 g/mol. The fourth-order valence-corrected chi connectivity index (χ4v) is 1.89. The molecule has 6 heteroatoms. The minimum absolute atomic E-state index is 0.0165. The first-order chi connectivity index (χ1) is 9.96. The molecule has 0 atom stereocenters. The van der Waals surface area contributed by atoms with Gasteiger partial charge in [-0.25, -0.2) is 0 Å². The van der Waals surface area contributed by atoms with E-state index >= 15 is 0 Å². The number of carbonyl (C=O) groups excluding carboxylic acids is 1. The monoisotopic (exact) mass is 317 g/mol. The van der Waals surface area contributed by atoms with Crippen molar-refractivity contribution in [1.82, 2.24) is 4.90 Å². The van der Waals surface area contributed by atoms with Crippen molar-refractivity contribution in [3.05, 3.63) is 29.8 Å². The van der Waals surface area contributed by atoms with E-state index in [4.69, 9.17) is 4.74 Å². The van der Waals surface area contributed by atoms with E-state index in [9.17, 15) is 18.0 Å². The molecular formula is C16H22F3NO2. The number of hydrogen-bond acceptors (Lipinski definition) is 2. The highest BCUT2D eigenvalue weighted by Crippen LogP contribution is 2.21. The average Bonchev–Trinajstić information content (AvgIpc) is 2.33. The van der Waals surface area contributed by atoms with E-state index in [1.165, 1.54) is 0 Å². The predicted molar refractivity (Wildman–Crippen MR) is 78.8 cm³/mol. The van der Waals surface area contributed by atoms with E-state index in [1.807, 2.05) is 19.1 Å². The number of benzene rings is 1. The fraction of sp³-hybridized carbons (Fsp3) is 0.562. The van der Waals surface area contributed by atoms with Crippen LogP contribution >= 0.6 is 0 Å². The summed E-state index contributed by atoms with van der Waals surface area (Å²) in [7, 11) is 0. The van der Waals surface area contributed by atoms with Gasteiger partial charge in [0, 0.05) is 6.54 Å². The van der Waals surface area contributed by atoms with E-state index in [1.54, 1.807) is 32.9 Å². The Morgan fingerprint density at radius 1 is 1.09 bits per heavy atom. The minimum Gasteiger partial charge on any atom is -0.484 e. The molecule has 124 valence electrons. The zero-order valence-corrected chi connectivity index (χ0v) is 13.3. The van der Waals surface area contributed by atoms with Crippen LogP contribution in [0.25, 0.3) is 0 Å². The molecule has 0 aromatic heterocycles. The van der Waals surface area contributed by atoms with Gasteiger partial charge in [-0.2, -0.15) is 13.2 Å². The van der Waals surface area contributed by atoms with Gasteiger partial charge in [-0.05, 0) is 24.5 Å². The topological polar surface area (TPSA) is 29.5 Å². The second-order valence-electron chi connectivity index (χ2n) is 6.53. The van der Waals surface area contributed by atoms with Gasteiger partial charge >= 0.3 is 6.18 Å². The number of aryl methyl sites for hydroxylation is 1. The van der Waals surface area contributed by atoms with E-state index < -0.39 is 30.7 Å². The fourth-order valence-electron chi connectivity index (χ4n) is 1.89. The molecule has 0 unspecified atom stereocenters. The Balaban J connectivity index is 2.68. The van der Waals surface area contributed by atoms with Gasteiger partial charge in [-0.1, -0.05) is 38.5 Å². The summed E-state index contributed by atoms with van der Waals surface area (Å²) in [5.41, 5.74) is 0.607. The maximum Gasteiger partial charge on any atom is 0.406 e. The normalized spacial score (nSPS) is 12.1. The summed E-state index contributed by atoms with van der Waals surface area (Å²) >= 11 is 0. The standard InChI is InChI=1S/C16H22F3NO2/c1-12-5-7-13(8-6-12)22-9-14(21)20(10-15(2,3)4)11-16(17,18)19/h5-8H,9-11H2,1-4H3. The maximum absolute atomic E-state index is 12.6. The van der Waals surface area contributed by atoms with Crippen LogP contribution in [0.4, 0.5) is 13.2 Å². The molecule has 1 rings (SSSR count). The predicted octanol–water partition coefficient (Wildman–Crippen LogP) is 3.81. The molecule has 0 N–H and O–H groups in total. The maximum atomic E-state index is 12.6. The van der Waals surface area contributed by atoms with E-state index in [0.717, 1.165) is 10.5 Å². The lowest BCUT2D eigenvalue weighted by Gasteiger charge is -2.30. The number of carbonyl (C=O) groups is 1. The smallest absolute Gasteiger partial charge is 0.406 e. The lowest BCUT2D eigenvalue weighted by atomic mass is 9.96. The molecule has 0 saturated carbocycles. The molecule has 0 aliphatic rings. The number of alkyl halides is 3. The third-order valence-electron chi connectivity index (χ3n) is 2.77. The molecule has 0 bridgehead atoms. The lowest BCUT2D eigenvalue weighted by molar-refractivity contribution is -0.164. The van der Waals surface area contributed by atoms with Crippen LogP contribution in [0.15, 0.2) is 24.3 Å². The van der Waals surface area contributed by atoms with Crippen molar-refractivity contribution in [2.75, 3.05) is 19.7 Å². The highest BCUT2D eigenvalue weighted by atomic mass is 19.4. The quantitative estimate of drug-likeness (QED) is 0.826. The molecule has 22 heavy (non-hydrogen) atoms. The second-order valence-corrected chi connectivity index (χ2v) is 6.53. The summed E-state index contributed by atoms with van der Waals surface area (Å²) in [5.74, 6) is -0.213. The second kappa shape index (κ2) is 7.03. The van der Waals surface area contributed by atoms with Crippen molar-refractivity contribution in [2.45, 2.75) is 33.9 Å². The minimum atomic E-state index is -4.43. The third kappa shape index (κ3) is 7.33. The molecule has 0 aliphatic carbocycles. The van der Waals surface area contributed by atoms with Crippen molar-refractivity contribution < 1.29 is 22.7 Å². The van der Waals surface area contributed by atoms with E-state index in [-0.39, 0.29) is 6.54 Å². The number of hydrogen-bond donors (Lipinski definition) is 0. The Kier molecular flexibility index (Phi) is 5.85. The van der Waals surface area contributed by atoms with Gasteiger partial charge < -0.3 is 9.64 Å². The number of nitrogens with zero attached hydrogens (tertiary/aromatic N) is 1. The average molecular weight is 317 g/mol. The van der Waals surface area contributed by atoms with Crippen molar-refractivity contribution >= 4 is 5.91 Å². The molecule has 1 aromatic carbocycles. The van der Waals surface area contributed by atoms with Crippen LogP contribution in [0.2, 0.25) is 0 Å². The number of amides is 1. The van der Waals surface area contributed by atoms with E-state index in [2.05, 4.69) is 0 Å². The first kappa shape index (κ1) is 18.3. The summed E-state index contributed by atoms with van der Waals surface area (Å²) in [5, 5.41) is 0. The van der Waals surface area contributed by atoms with Crippen molar-refractivity contribution in [1.29, 1.82) is 0 Å². The molecule has 0 aliphatic heterocycles. The Bertz CT molecular complexity index is 474. The van der Waals surface area contributed by atoms with Gasteiger partial charge in [0.05, 0.1) is 0 Å². The van der Waals surface area contributed by atoms with Crippen LogP contribution in [0, 0.1) is 12.3 Å². The Morgan fingerprint density at radius 2 is 1.64 bits per heavy atom. The molecule has 1 amide bonds. The molecule has 0 fully saturated rings. The van der Waals surface area contributed by atoms with Crippen LogP contribution in [0.1, 0.15) is 26.3 Å². The molecule has 0 heterocycles. The summed E-state index contributed by atoms with van der Waals surface area (Å²) in [6.07, 6.45) is -4.43. The molecule has 0 saturated heterocycles. The van der Waals surface area contributed by atoms with Gasteiger partial charge in [-0.15, -0.1) is 0 Å². The van der Waals surface area contributed by atoms with Crippen LogP contribution in [-0.2, 0) is 4.79 Å².